The number of ether oxygens (including phenoxy) is 1. The van der Waals surface area contributed by atoms with E-state index >= 15 is 0 Å². The summed E-state index contributed by atoms with van der Waals surface area (Å²) in [6.45, 7) is 1.33. The Labute approximate surface area is 146 Å². The lowest BCUT2D eigenvalue weighted by molar-refractivity contribution is -0.121. The van der Waals surface area contributed by atoms with Gasteiger partial charge in [0.2, 0.25) is 0 Å². The van der Waals surface area contributed by atoms with Crippen molar-refractivity contribution in [3.63, 3.8) is 0 Å². The Balaban J connectivity index is 2.30. The number of hydrogen-bond acceptors (Lipinski definition) is 5. The van der Waals surface area contributed by atoms with Gasteiger partial charge in [-0.2, -0.15) is 0 Å². The van der Waals surface area contributed by atoms with Crippen molar-refractivity contribution in [1.82, 2.24) is 0 Å². The first kappa shape index (κ1) is 18.5. The SMILES string of the molecule is Cc1ccc(N(C)S(=O)(=O)c2cccc(C(=O)OCC(N)=O)c2)cc1. The Kier molecular flexibility index (Phi) is 5.43. The van der Waals surface area contributed by atoms with E-state index in [-0.39, 0.29) is 10.5 Å². The minimum atomic E-state index is -3.86. The van der Waals surface area contributed by atoms with Crippen LogP contribution in [0.5, 0.6) is 0 Å². The lowest BCUT2D eigenvalue weighted by Crippen LogP contribution is -2.27. The van der Waals surface area contributed by atoms with E-state index in [1.165, 1.54) is 31.3 Å². The van der Waals surface area contributed by atoms with Crippen LogP contribution in [-0.4, -0.2) is 33.9 Å². The summed E-state index contributed by atoms with van der Waals surface area (Å²) in [5.74, 6) is -1.62. The van der Waals surface area contributed by atoms with E-state index in [1.807, 2.05) is 6.92 Å². The van der Waals surface area contributed by atoms with Crippen molar-refractivity contribution < 1.29 is 22.7 Å². The van der Waals surface area contributed by atoms with Crippen LogP contribution in [0, 0.1) is 6.92 Å². The molecule has 2 rings (SSSR count). The van der Waals surface area contributed by atoms with Gasteiger partial charge in [-0.1, -0.05) is 23.8 Å². The zero-order valence-corrected chi connectivity index (χ0v) is 14.6. The van der Waals surface area contributed by atoms with Gasteiger partial charge in [0.25, 0.3) is 15.9 Å². The molecule has 132 valence electrons. The number of esters is 1. The first-order valence-electron chi connectivity index (χ1n) is 7.33. The number of hydrogen-bond donors (Lipinski definition) is 1. The van der Waals surface area contributed by atoms with Crippen LogP contribution in [-0.2, 0) is 19.6 Å². The molecule has 0 spiro atoms. The van der Waals surface area contributed by atoms with Gasteiger partial charge < -0.3 is 10.5 Å². The minimum Gasteiger partial charge on any atom is -0.452 e. The number of rotatable bonds is 6. The fourth-order valence-electron chi connectivity index (χ4n) is 2.06. The number of amides is 1. The largest absolute Gasteiger partial charge is 0.452 e. The second kappa shape index (κ2) is 7.35. The van der Waals surface area contributed by atoms with Crippen LogP contribution in [0.3, 0.4) is 0 Å². The van der Waals surface area contributed by atoms with Crippen LogP contribution in [0.1, 0.15) is 15.9 Å². The van der Waals surface area contributed by atoms with Crippen LogP contribution in [0.4, 0.5) is 5.69 Å². The zero-order valence-electron chi connectivity index (χ0n) is 13.8. The van der Waals surface area contributed by atoms with Crippen molar-refractivity contribution in [3.05, 3.63) is 59.7 Å². The van der Waals surface area contributed by atoms with Crippen molar-refractivity contribution in [3.8, 4) is 0 Å². The average Bonchev–Trinajstić information content (AvgIpc) is 2.59. The Hall–Kier alpha value is -2.87. The molecule has 0 unspecified atom stereocenters. The number of nitrogens with zero attached hydrogens (tertiary/aromatic N) is 1. The van der Waals surface area contributed by atoms with Crippen LogP contribution >= 0.6 is 0 Å². The van der Waals surface area contributed by atoms with E-state index in [1.54, 1.807) is 24.3 Å². The fourth-order valence-corrected chi connectivity index (χ4v) is 3.30. The molecule has 0 heterocycles. The summed E-state index contributed by atoms with van der Waals surface area (Å²) in [6, 6.07) is 12.4. The molecule has 7 nitrogen and oxygen atoms in total. The fraction of sp³-hybridized carbons (Fsp3) is 0.176. The lowest BCUT2D eigenvalue weighted by Gasteiger charge is -2.20. The van der Waals surface area contributed by atoms with Gasteiger partial charge in [0, 0.05) is 7.05 Å². The van der Waals surface area contributed by atoms with Gasteiger partial charge in [-0.05, 0) is 37.3 Å². The summed E-state index contributed by atoms with van der Waals surface area (Å²) < 4.78 is 31.3. The Bertz CT molecular complexity index is 892. The quantitative estimate of drug-likeness (QED) is 0.783. The molecule has 1 amide bonds. The predicted octanol–water partition coefficient (Wildman–Crippen LogP) is 1.46. The summed E-state index contributed by atoms with van der Waals surface area (Å²) in [5, 5.41) is 0. The predicted molar refractivity (Wildman–Crippen MR) is 92.7 cm³/mol. The molecule has 0 aliphatic heterocycles. The molecule has 2 aromatic rings. The second-order valence-corrected chi connectivity index (χ2v) is 7.35. The number of primary amides is 1. The number of sulfonamides is 1. The summed E-state index contributed by atoms with van der Waals surface area (Å²) in [5.41, 5.74) is 6.43. The Morgan fingerprint density at radius 3 is 2.36 bits per heavy atom. The van der Waals surface area contributed by atoms with Crippen molar-refractivity contribution >= 4 is 27.6 Å². The van der Waals surface area contributed by atoms with Crippen LogP contribution < -0.4 is 10.0 Å². The van der Waals surface area contributed by atoms with E-state index < -0.39 is 28.5 Å². The molecule has 0 aliphatic carbocycles. The van der Waals surface area contributed by atoms with E-state index in [2.05, 4.69) is 0 Å². The first-order valence-corrected chi connectivity index (χ1v) is 8.77. The monoisotopic (exact) mass is 362 g/mol. The van der Waals surface area contributed by atoms with Gasteiger partial charge in [0.15, 0.2) is 6.61 Å². The van der Waals surface area contributed by atoms with Gasteiger partial charge >= 0.3 is 5.97 Å². The van der Waals surface area contributed by atoms with Gasteiger partial charge in [-0.25, -0.2) is 13.2 Å². The number of aryl methyl sites for hydroxylation is 1. The smallest absolute Gasteiger partial charge is 0.338 e. The van der Waals surface area contributed by atoms with Crippen LogP contribution in [0.25, 0.3) is 0 Å². The third-order valence-corrected chi connectivity index (χ3v) is 5.25. The highest BCUT2D eigenvalue weighted by Gasteiger charge is 2.22. The third kappa shape index (κ3) is 4.36. The highest BCUT2D eigenvalue weighted by atomic mass is 32.2. The van der Waals surface area contributed by atoms with Gasteiger partial charge in [-0.3, -0.25) is 9.10 Å². The van der Waals surface area contributed by atoms with Crippen LogP contribution in [0.15, 0.2) is 53.4 Å². The van der Waals surface area contributed by atoms with Crippen molar-refractivity contribution in [2.24, 2.45) is 5.73 Å². The van der Waals surface area contributed by atoms with Gasteiger partial charge in [-0.15, -0.1) is 0 Å². The van der Waals surface area contributed by atoms with Gasteiger partial charge in [0.1, 0.15) is 0 Å². The van der Waals surface area contributed by atoms with Crippen molar-refractivity contribution in [2.45, 2.75) is 11.8 Å². The van der Waals surface area contributed by atoms with Crippen LogP contribution in [0.2, 0.25) is 0 Å². The Morgan fingerprint density at radius 1 is 1.12 bits per heavy atom. The Morgan fingerprint density at radius 2 is 1.76 bits per heavy atom. The molecule has 2 N–H and O–H groups in total. The summed E-state index contributed by atoms with van der Waals surface area (Å²) in [6.07, 6.45) is 0. The van der Waals surface area contributed by atoms with E-state index in [4.69, 9.17) is 10.5 Å². The topological polar surface area (TPSA) is 107 Å². The second-order valence-electron chi connectivity index (χ2n) is 5.38. The highest BCUT2D eigenvalue weighted by molar-refractivity contribution is 7.92. The molecule has 8 heteroatoms. The third-order valence-electron chi connectivity index (χ3n) is 3.47. The average molecular weight is 362 g/mol. The molecule has 0 saturated heterocycles. The molecule has 25 heavy (non-hydrogen) atoms. The summed E-state index contributed by atoms with van der Waals surface area (Å²) >= 11 is 0. The van der Waals surface area contributed by atoms with Crippen molar-refractivity contribution in [2.75, 3.05) is 18.0 Å². The van der Waals surface area contributed by atoms with E-state index in [0.717, 1.165) is 9.87 Å². The maximum Gasteiger partial charge on any atom is 0.338 e. The maximum absolute atomic E-state index is 12.8. The first-order chi connectivity index (χ1) is 11.7. The molecule has 0 saturated carbocycles. The molecule has 0 atom stereocenters. The number of carbonyl (C=O) groups excluding carboxylic acids is 2. The highest BCUT2D eigenvalue weighted by Crippen LogP contribution is 2.23. The zero-order chi connectivity index (χ0) is 18.6. The number of carbonyl (C=O) groups is 2. The molecule has 0 radical (unpaired) electrons. The normalized spacial score (nSPS) is 11.0. The molecular formula is C17H18N2O5S. The van der Waals surface area contributed by atoms with Crippen molar-refractivity contribution in [1.29, 1.82) is 0 Å². The number of benzene rings is 2. The molecule has 0 bridgehead atoms. The van der Waals surface area contributed by atoms with E-state index in [0.29, 0.717) is 5.69 Å². The van der Waals surface area contributed by atoms with Gasteiger partial charge in [0.05, 0.1) is 16.1 Å². The molecule has 2 aromatic carbocycles. The van der Waals surface area contributed by atoms with E-state index in [9.17, 15) is 18.0 Å². The molecular weight excluding hydrogens is 344 g/mol. The molecule has 0 fully saturated rings. The number of nitrogens with two attached hydrogens (primary N) is 1. The maximum atomic E-state index is 12.8. The molecule has 0 aromatic heterocycles. The standard InChI is InChI=1S/C17H18N2O5S/c1-12-6-8-14(9-7-12)19(2)25(22,23)15-5-3-4-13(10-15)17(21)24-11-16(18)20/h3-10H,11H2,1-2H3,(H2,18,20). The number of anilines is 1. The lowest BCUT2D eigenvalue weighted by atomic mass is 10.2. The minimum absolute atomic E-state index is 0.0135. The summed E-state index contributed by atoms with van der Waals surface area (Å²) in [7, 11) is -2.43. The summed E-state index contributed by atoms with van der Waals surface area (Å²) in [4.78, 5) is 22.5. The molecule has 0 aliphatic rings.